The molecule has 1 aliphatic rings. The second-order valence-corrected chi connectivity index (χ2v) is 7.50. The van der Waals surface area contributed by atoms with E-state index < -0.39 is 0 Å². The predicted molar refractivity (Wildman–Crippen MR) is 104 cm³/mol. The molecule has 134 valence electrons. The Hall–Kier alpha value is -2.08. The van der Waals surface area contributed by atoms with Crippen LogP contribution in [-0.4, -0.2) is 37.7 Å². The van der Waals surface area contributed by atoms with E-state index in [2.05, 4.69) is 52.7 Å². The number of nitrogens with one attached hydrogen (secondary N) is 2. The van der Waals surface area contributed by atoms with E-state index >= 15 is 0 Å². The summed E-state index contributed by atoms with van der Waals surface area (Å²) in [6.45, 7) is 6.69. The highest BCUT2D eigenvalue weighted by molar-refractivity contribution is 7.11. The van der Waals surface area contributed by atoms with Crippen molar-refractivity contribution in [2.75, 3.05) is 26.7 Å². The van der Waals surface area contributed by atoms with Crippen LogP contribution in [0.4, 0.5) is 0 Å². The molecule has 6 heteroatoms. The number of hydrogen-bond acceptors (Lipinski definition) is 4. The molecule has 0 spiro atoms. The van der Waals surface area contributed by atoms with Crippen LogP contribution in [0.3, 0.4) is 0 Å². The van der Waals surface area contributed by atoms with Gasteiger partial charge in [-0.1, -0.05) is 12.1 Å². The van der Waals surface area contributed by atoms with Crippen molar-refractivity contribution in [3.8, 4) is 5.75 Å². The molecule has 0 saturated carbocycles. The molecule has 0 unspecified atom stereocenters. The molecule has 1 aromatic carbocycles. The van der Waals surface area contributed by atoms with Gasteiger partial charge in [-0.25, -0.2) is 4.98 Å². The Balaban J connectivity index is 1.40. The quantitative estimate of drug-likeness (QED) is 0.616. The smallest absolute Gasteiger partial charge is 0.191 e. The Morgan fingerprint density at radius 2 is 2.04 bits per heavy atom. The summed E-state index contributed by atoms with van der Waals surface area (Å²) in [4.78, 5) is 10.2. The largest absolute Gasteiger partial charge is 0.493 e. The lowest BCUT2D eigenvalue weighted by Gasteiger charge is -2.11. The Morgan fingerprint density at radius 1 is 1.24 bits per heavy atom. The first-order valence-electron chi connectivity index (χ1n) is 8.77. The van der Waals surface area contributed by atoms with Crippen LogP contribution in [-0.2, 0) is 19.3 Å². The van der Waals surface area contributed by atoms with Gasteiger partial charge in [0, 0.05) is 37.9 Å². The number of benzene rings is 1. The summed E-state index contributed by atoms with van der Waals surface area (Å²) in [7, 11) is 1.81. The highest BCUT2D eigenvalue weighted by atomic mass is 32.1. The minimum atomic E-state index is 0.811. The van der Waals surface area contributed by atoms with Crippen molar-refractivity contribution in [3.05, 3.63) is 44.9 Å². The van der Waals surface area contributed by atoms with E-state index in [1.54, 1.807) is 18.4 Å². The van der Waals surface area contributed by atoms with Crippen LogP contribution >= 0.6 is 11.3 Å². The first-order chi connectivity index (χ1) is 12.2. The monoisotopic (exact) mass is 358 g/mol. The molecule has 3 rings (SSSR count). The molecular formula is C19H26N4OS. The molecule has 1 aromatic heterocycles. The number of aliphatic imine (C=N–C) groups is 1. The van der Waals surface area contributed by atoms with Crippen LogP contribution in [0.25, 0.3) is 0 Å². The van der Waals surface area contributed by atoms with E-state index in [9.17, 15) is 0 Å². The van der Waals surface area contributed by atoms with E-state index in [1.807, 2.05) is 0 Å². The standard InChI is InChI=1S/C19H26N4OS/c1-13-14(2)25-18(23-13)7-10-22-19(20-3)21-9-6-15-4-5-17-16(12-15)8-11-24-17/h4-5,12H,6-11H2,1-3H3,(H2,20,21,22). The molecule has 1 aliphatic heterocycles. The molecule has 5 nitrogen and oxygen atoms in total. The van der Waals surface area contributed by atoms with E-state index in [1.165, 1.54) is 21.0 Å². The molecule has 0 bridgehead atoms. The molecule has 0 radical (unpaired) electrons. The number of hydrogen-bond donors (Lipinski definition) is 2. The van der Waals surface area contributed by atoms with Gasteiger partial charge in [0.25, 0.3) is 0 Å². The van der Waals surface area contributed by atoms with Crippen molar-refractivity contribution in [2.24, 2.45) is 4.99 Å². The third-order valence-electron chi connectivity index (χ3n) is 4.39. The molecule has 25 heavy (non-hydrogen) atoms. The summed E-state index contributed by atoms with van der Waals surface area (Å²) in [5.74, 6) is 1.89. The van der Waals surface area contributed by atoms with Crippen molar-refractivity contribution in [1.82, 2.24) is 15.6 Å². The van der Waals surface area contributed by atoms with Crippen LogP contribution < -0.4 is 15.4 Å². The zero-order chi connectivity index (χ0) is 17.6. The van der Waals surface area contributed by atoms with Gasteiger partial charge in [0.15, 0.2) is 5.96 Å². The Labute approximate surface area is 153 Å². The van der Waals surface area contributed by atoms with E-state index in [4.69, 9.17) is 4.74 Å². The average Bonchev–Trinajstić information content (AvgIpc) is 3.19. The average molecular weight is 359 g/mol. The van der Waals surface area contributed by atoms with Gasteiger partial charge in [-0.2, -0.15) is 0 Å². The Morgan fingerprint density at radius 3 is 2.76 bits per heavy atom. The first-order valence-corrected chi connectivity index (χ1v) is 9.59. The predicted octanol–water partition coefficient (Wildman–Crippen LogP) is 2.65. The van der Waals surface area contributed by atoms with Crippen LogP contribution in [0.15, 0.2) is 23.2 Å². The zero-order valence-electron chi connectivity index (χ0n) is 15.2. The van der Waals surface area contributed by atoms with Crippen LogP contribution in [0.5, 0.6) is 5.75 Å². The maximum atomic E-state index is 5.55. The van der Waals surface area contributed by atoms with Crippen molar-refractivity contribution in [3.63, 3.8) is 0 Å². The zero-order valence-corrected chi connectivity index (χ0v) is 16.0. The van der Waals surface area contributed by atoms with E-state index in [-0.39, 0.29) is 0 Å². The number of fused-ring (bicyclic) bond motifs is 1. The van der Waals surface area contributed by atoms with Crippen LogP contribution in [0, 0.1) is 13.8 Å². The number of nitrogens with zero attached hydrogens (tertiary/aromatic N) is 2. The normalized spacial score (nSPS) is 13.5. The van der Waals surface area contributed by atoms with Gasteiger partial charge in [0.05, 0.1) is 17.3 Å². The maximum absolute atomic E-state index is 5.55. The third kappa shape index (κ3) is 4.72. The fourth-order valence-corrected chi connectivity index (χ4v) is 3.81. The molecule has 2 aromatic rings. The highest BCUT2D eigenvalue weighted by Crippen LogP contribution is 2.25. The number of thiazole rings is 1. The second-order valence-electron chi connectivity index (χ2n) is 6.22. The summed E-state index contributed by atoms with van der Waals surface area (Å²) in [6.07, 6.45) is 2.92. The highest BCUT2D eigenvalue weighted by Gasteiger charge is 2.11. The van der Waals surface area contributed by atoms with Crippen molar-refractivity contribution < 1.29 is 4.74 Å². The fraction of sp³-hybridized carbons (Fsp3) is 0.474. The lowest BCUT2D eigenvalue weighted by Crippen LogP contribution is -2.39. The molecule has 0 aliphatic carbocycles. The summed E-state index contributed by atoms with van der Waals surface area (Å²) in [6, 6.07) is 6.49. The molecule has 0 amide bonds. The minimum Gasteiger partial charge on any atom is -0.493 e. The Bertz CT molecular complexity index is 734. The minimum absolute atomic E-state index is 0.811. The molecule has 2 heterocycles. The van der Waals surface area contributed by atoms with Crippen LogP contribution in [0.1, 0.15) is 26.7 Å². The molecule has 0 fully saturated rings. The van der Waals surface area contributed by atoms with Gasteiger partial charge in [-0.3, -0.25) is 4.99 Å². The molecule has 0 saturated heterocycles. The maximum Gasteiger partial charge on any atom is 0.191 e. The molecule has 0 atom stereocenters. The van der Waals surface area contributed by atoms with Gasteiger partial charge >= 0.3 is 0 Å². The second kappa shape index (κ2) is 8.34. The lowest BCUT2D eigenvalue weighted by atomic mass is 10.1. The van der Waals surface area contributed by atoms with Gasteiger partial charge in [-0.05, 0) is 37.5 Å². The molecule has 2 N–H and O–H groups in total. The van der Waals surface area contributed by atoms with E-state index in [0.29, 0.717) is 0 Å². The number of aromatic nitrogens is 1. The van der Waals surface area contributed by atoms with Crippen molar-refractivity contribution >= 4 is 17.3 Å². The number of guanidine groups is 1. The summed E-state index contributed by atoms with van der Waals surface area (Å²) in [5.41, 5.74) is 3.80. The number of ether oxygens (including phenoxy) is 1. The lowest BCUT2D eigenvalue weighted by molar-refractivity contribution is 0.357. The summed E-state index contributed by atoms with van der Waals surface area (Å²) >= 11 is 1.78. The SMILES string of the molecule is CN=C(NCCc1ccc2c(c1)CCO2)NCCc1nc(C)c(C)s1. The first kappa shape index (κ1) is 17.7. The Kier molecular flexibility index (Phi) is 5.91. The third-order valence-corrected chi connectivity index (χ3v) is 5.52. The van der Waals surface area contributed by atoms with E-state index in [0.717, 1.165) is 56.4 Å². The van der Waals surface area contributed by atoms with Gasteiger partial charge in [0.1, 0.15) is 5.75 Å². The number of aryl methyl sites for hydroxylation is 2. The fourth-order valence-electron chi connectivity index (χ4n) is 2.88. The van der Waals surface area contributed by atoms with Gasteiger partial charge in [-0.15, -0.1) is 11.3 Å². The van der Waals surface area contributed by atoms with Crippen molar-refractivity contribution in [1.29, 1.82) is 0 Å². The van der Waals surface area contributed by atoms with Crippen molar-refractivity contribution in [2.45, 2.75) is 33.1 Å². The summed E-state index contributed by atoms with van der Waals surface area (Å²) < 4.78 is 5.55. The summed E-state index contributed by atoms with van der Waals surface area (Å²) in [5, 5.41) is 7.92. The van der Waals surface area contributed by atoms with Gasteiger partial charge in [0.2, 0.25) is 0 Å². The van der Waals surface area contributed by atoms with Crippen LogP contribution in [0.2, 0.25) is 0 Å². The topological polar surface area (TPSA) is 58.5 Å². The molecular weight excluding hydrogens is 332 g/mol. The van der Waals surface area contributed by atoms with Gasteiger partial charge < -0.3 is 15.4 Å². The number of rotatable bonds is 6.